The maximum Gasteiger partial charge on any atom is 0.329 e. The Morgan fingerprint density at radius 3 is 1.62 bits per heavy atom. The Kier molecular flexibility index (Phi) is 31.2. The maximum atomic E-state index is 14.4. The summed E-state index contributed by atoms with van der Waals surface area (Å²) < 4.78 is 5.75. The fourth-order valence-electron chi connectivity index (χ4n) is 9.59. The van der Waals surface area contributed by atoms with E-state index < -0.39 is 200 Å². The minimum Gasteiger partial charge on any atom is -0.458 e. The number of aliphatic imine (C=N–C) groups is 1. The van der Waals surface area contributed by atoms with Gasteiger partial charge in [-0.3, -0.25) is 58.3 Å². The Labute approximate surface area is 514 Å². The van der Waals surface area contributed by atoms with Crippen LogP contribution < -0.4 is 75.3 Å². The normalized spacial score (nSPS) is 23.6. The molecule has 2 aliphatic rings. The number of nitrogens with one attached hydrogen (secondary N) is 12. The average molecular weight is 1240 g/mol. The molecular formula is C58H97N15O15. The van der Waals surface area contributed by atoms with Crippen LogP contribution in [0.4, 0.5) is 0 Å². The van der Waals surface area contributed by atoms with E-state index in [9.17, 15) is 68.1 Å². The van der Waals surface area contributed by atoms with Gasteiger partial charge in [0.15, 0.2) is 5.96 Å². The van der Waals surface area contributed by atoms with Crippen molar-refractivity contribution in [3.63, 3.8) is 0 Å². The number of benzene rings is 1. The second-order valence-electron chi connectivity index (χ2n) is 23.0. The molecule has 30 heteroatoms. The second kappa shape index (κ2) is 36.7. The quantitative estimate of drug-likeness (QED) is 0.0303. The number of likely N-dealkylation sites (N-methyl/N-ethyl adjacent to an activating group) is 1. The summed E-state index contributed by atoms with van der Waals surface area (Å²) >= 11 is 0. The molecule has 0 aliphatic carbocycles. The molecule has 19 N–H and O–H groups in total. The number of nitrogens with zero attached hydrogens (tertiary/aromatic N) is 1. The molecule has 0 bridgehead atoms. The predicted octanol–water partition coefficient (Wildman–Crippen LogP) is -4.47. The summed E-state index contributed by atoms with van der Waals surface area (Å²) in [5.74, 6) is -12.0. The Hall–Kier alpha value is -7.54. The lowest BCUT2D eigenvalue weighted by molar-refractivity contribution is -0.157. The van der Waals surface area contributed by atoms with Crippen molar-refractivity contribution in [3.8, 4) is 0 Å². The molecule has 0 saturated carbocycles. The lowest BCUT2D eigenvalue weighted by Gasteiger charge is -2.31. The molecule has 1 saturated heterocycles. The number of amides is 10. The molecule has 0 aromatic heterocycles. The molecule has 18 atom stereocenters. The van der Waals surface area contributed by atoms with Gasteiger partial charge in [-0.15, -0.1) is 0 Å². The summed E-state index contributed by atoms with van der Waals surface area (Å²) in [4.78, 5) is 156. The highest BCUT2D eigenvalue weighted by Crippen LogP contribution is 2.18. The molecule has 1 fully saturated rings. The monoisotopic (exact) mass is 1240 g/mol. The van der Waals surface area contributed by atoms with Crippen molar-refractivity contribution in [3.05, 3.63) is 35.9 Å². The van der Waals surface area contributed by atoms with Crippen LogP contribution in [0.5, 0.6) is 0 Å². The van der Waals surface area contributed by atoms with E-state index in [-0.39, 0.29) is 31.8 Å². The maximum absolute atomic E-state index is 14.4. The molecule has 494 valence electrons. The highest BCUT2D eigenvalue weighted by atomic mass is 16.5. The number of carbonyl (C=O) groups excluding carboxylic acids is 11. The van der Waals surface area contributed by atoms with Crippen molar-refractivity contribution in [2.75, 3.05) is 26.8 Å². The van der Waals surface area contributed by atoms with E-state index in [1.54, 1.807) is 62.4 Å². The number of primary amides is 1. The number of hydrogen-bond acceptors (Lipinski definition) is 20. The van der Waals surface area contributed by atoms with Crippen molar-refractivity contribution in [2.45, 2.75) is 205 Å². The number of cyclic esters (lactones) is 1. The van der Waals surface area contributed by atoms with Gasteiger partial charge in [0, 0.05) is 6.42 Å². The molecule has 30 nitrogen and oxygen atoms in total. The molecule has 1 unspecified atom stereocenters. The van der Waals surface area contributed by atoms with E-state index in [0.29, 0.717) is 19.3 Å². The van der Waals surface area contributed by atoms with Crippen LogP contribution in [0.15, 0.2) is 35.3 Å². The van der Waals surface area contributed by atoms with Gasteiger partial charge < -0.3 is 90.0 Å². The first-order chi connectivity index (χ1) is 41.6. The van der Waals surface area contributed by atoms with Crippen LogP contribution in [0.25, 0.3) is 0 Å². The second-order valence-corrected chi connectivity index (χ2v) is 23.0. The predicted molar refractivity (Wildman–Crippen MR) is 323 cm³/mol. The van der Waals surface area contributed by atoms with Crippen molar-refractivity contribution < 1.29 is 72.8 Å². The van der Waals surface area contributed by atoms with E-state index in [4.69, 9.17) is 16.2 Å². The number of carbonyl (C=O) groups is 11. The summed E-state index contributed by atoms with van der Waals surface area (Å²) in [6.45, 7) is 14.5. The van der Waals surface area contributed by atoms with Gasteiger partial charge in [-0.1, -0.05) is 111 Å². The van der Waals surface area contributed by atoms with E-state index >= 15 is 0 Å². The smallest absolute Gasteiger partial charge is 0.329 e. The van der Waals surface area contributed by atoms with Crippen molar-refractivity contribution in [2.24, 2.45) is 40.1 Å². The zero-order valence-corrected chi connectivity index (χ0v) is 52.4. The summed E-state index contributed by atoms with van der Waals surface area (Å²) in [5.41, 5.74) is 12.1. The molecule has 0 spiro atoms. The topological polar surface area (TPSA) is 466 Å². The Bertz CT molecular complexity index is 2570. The van der Waals surface area contributed by atoms with Gasteiger partial charge in [0.1, 0.15) is 60.7 Å². The molecule has 10 amide bonds. The molecule has 2 aliphatic heterocycles. The number of aliphatic hydroxyl groups is 3. The van der Waals surface area contributed by atoms with Gasteiger partial charge in [-0.25, -0.2) is 4.79 Å². The van der Waals surface area contributed by atoms with Gasteiger partial charge >= 0.3 is 5.97 Å². The van der Waals surface area contributed by atoms with Crippen LogP contribution >= 0.6 is 0 Å². The fraction of sp³-hybridized carbons (Fsp3) is 0.690. The summed E-state index contributed by atoms with van der Waals surface area (Å²) in [7, 11) is 1.60. The van der Waals surface area contributed by atoms with Crippen LogP contribution in [0, 0.1) is 23.7 Å². The number of aliphatic hydroxyl groups excluding tert-OH is 3. The number of guanidine groups is 1. The third-order valence-electron chi connectivity index (χ3n) is 16.3. The largest absolute Gasteiger partial charge is 0.458 e. The van der Waals surface area contributed by atoms with Gasteiger partial charge in [0.2, 0.25) is 59.1 Å². The molecule has 0 radical (unpaired) electrons. The zero-order chi connectivity index (χ0) is 66.1. The van der Waals surface area contributed by atoms with Crippen LogP contribution in [-0.4, -0.2) is 198 Å². The Morgan fingerprint density at radius 1 is 0.659 bits per heavy atom. The lowest BCUT2D eigenvalue weighted by atomic mass is 9.94. The van der Waals surface area contributed by atoms with Crippen LogP contribution in [-0.2, 0) is 63.9 Å². The van der Waals surface area contributed by atoms with Gasteiger partial charge in [-0.05, 0) is 69.4 Å². The van der Waals surface area contributed by atoms with Crippen LogP contribution in [0.1, 0.15) is 120 Å². The Balaban J connectivity index is 1.85. The highest BCUT2D eigenvalue weighted by molar-refractivity contribution is 5.98. The molecule has 3 rings (SSSR count). The highest BCUT2D eigenvalue weighted by Gasteiger charge is 2.41. The van der Waals surface area contributed by atoms with E-state index in [1.165, 1.54) is 13.8 Å². The first-order valence-electron chi connectivity index (χ1n) is 30.2. The number of nitrogens with two attached hydrogens (primary N) is 2. The standard InChI is InChI=1S/C58H97N15O15/c1-12-28(5)42(70-49(79)37(61-11)23-34-19-17-16-18-20-34)53(83)67-39(26-74)51(81)65-36(21-22-41(59)76)48(78)69-44(30(7)14-3)55(85)71-43(29(6)13-2)54(84)68-40(27-75)52(82)73-46-33(10)88-57(87)45(31(8)15-4)72-50(80)38(24-35-25-62-58(60)64-35)66-47(77)32(9)63-56(46)86/h16-20,28-33,35-40,42-47,61,66,74-75,77H,12-15,21-27H2,1-11H3,(H2,59,76)(H,63,86)(H,65,81)(H,67,83)(H,68,84)(H,69,78)(H,70,79)(H,71,85)(H,72,80)(H,73,82)(H3,60,62,64)/t28-,29-,30-,31-,32-,33-,35-,36+,37+,38-,39-,40-,42-,43-,44+,45-,46+,47?/m0/s1. The summed E-state index contributed by atoms with van der Waals surface area (Å²) in [6.07, 6.45) is -2.20. The number of rotatable bonds is 32. The van der Waals surface area contributed by atoms with E-state index in [2.05, 4.69) is 68.8 Å². The number of ether oxygens (including phenoxy) is 1. The first kappa shape index (κ1) is 74.7. The summed E-state index contributed by atoms with van der Waals surface area (Å²) in [5, 5.41) is 64.0. The average Bonchev–Trinajstić information content (AvgIpc) is 4.12. The molecule has 88 heavy (non-hydrogen) atoms. The molecule has 1 aromatic carbocycles. The first-order valence-corrected chi connectivity index (χ1v) is 30.2. The van der Waals surface area contributed by atoms with Crippen molar-refractivity contribution in [1.29, 1.82) is 0 Å². The fourth-order valence-corrected chi connectivity index (χ4v) is 9.59. The molecule has 1 aromatic rings. The van der Waals surface area contributed by atoms with Crippen LogP contribution in [0.2, 0.25) is 0 Å². The van der Waals surface area contributed by atoms with Gasteiger partial charge in [0.05, 0.1) is 43.9 Å². The van der Waals surface area contributed by atoms with Gasteiger partial charge in [0.25, 0.3) is 0 Å². The van der Waals surface area contributed by atoms with Gasteiger partial charge in [-0.2, -0.15) is 0 Å². The van der Waals surface area contributed by atoms with E-state index in [1.807, 2.05) is 30.3 Å². The number of hydrogen-bond donors (Lipinski definition) is 17. The molecule has 2 heterocycles. The van der Waals surface area contributed by atoms with Crippen molar-refractivity contribution in [1.82, 2.24) is 63.8 Å². The van der Waals surface area contributed by atoms with Crippen molar-refractivity contribution >= 4 is 71.0 Å². The SMILES string of the molecule is CC[C@H](C)[C@H](NC(=O)[C@@H](Cc1ccccc1)NC)C(=O)N[C@@H](CO)C(=O)N[C@H](CCC(N)=O)C(=O)N[C@@H](C(=O)N[C@H](C(=O)N[C@@H](CO)C(=O)N[C@H]1C(=O)N[C@@H](C)C(O)N[C@@H](C[C@H]2CN=C(N)N2)C(=O)N[C@@H]([C@@H](C)CC)C(=O)O[C@H]1C)[C@@H](C)CC)[C@@H](C)CC. The summed E-state index contributed by atoms with van der Waals surface area (Å²) in [6, 6.07) is -6.39. The number of esters is 1. The minimum absolute atomic E-state index is 0.0505. The third kappa shape index (κ3) is 22.6. The third-order valence-corrected chi connectivity index (χ3v) is 16.3. The van der Waals surface area contributed by atoms with Crippen LogP contribution in [0.3, 0.4) is 0 Å². The Morgan fingerprint density at radius 2 is 1.15 bits per heavy atom. The lowest BCUT2D eigenvalue weighted by Crippen LogP contribution is -2.63. The molecular weight excluding hydrogens is 1150 g/mol. The van der Waals surface area contributed by atoms with E-state index in [0.717, 1.165) is 5.56 Å². The zero-order valence-electron chi connectivity index (χ0n) is 52.4. The minimum atomic E-state index is -1.81.